The van der Waals surface area contributed by atoms with Crippen LogP contribution in [0.1, 0.15) is 96.5 Å². The van der Waals surface area contributed by atoms with Crippen molar-refractivity contribution in [3.05, 3.63) is 94.6 Å². The SMILES string of the molecule is COc1cc2c(cc1OCCCC(=O)Nc1cc(C(=O)Nc3ccc4sc(CC(=O)[C@H](C)NC(=O)[C@H](C)CC(=O)CCCCC(=O)NCCN5C(=O)CC(SC)C5=O)cc4c3)n(C)c1)N(C)C[C@@H]1Cc3ccccc3N1C2=O. The van der Waals surface area contributed by atoms with Crippen LogP contribution in [0.4, 0.5) is 22.7 Å². The Morgan fingerprint density at radius 3 is 2.37 bits per heavy atom. The number of amides is 7. The lowest BCUT2D eigenvalue weighted by Crippen LogP contribution is -2.42. The molecule has 7 amide bonds. The summed E-state index contributed by atoms with van der Waals surface area (Å²) >= 11 is 2.77. The molecule has 3 aromatic carbocycles. The Kier molecular flexibility index (Phi) is 18.4. The minimum Gasteiger partial charge on any atom is -0.493 e. The topological polar surface area (TPSA) is 235 Å². The number of likely N-dealkylation sites (N-methyl/N-ethyl adjacent to an activating group) is 1. The molecule has 3 aliphatic heterocycles. The van der Waals surface area contributed by atoms with Crippen molar-refractivity contribution in [2.45, 2.75) is 95.4 Å². The first kappa shape index (κ1) is 56.7. The monoisotopic (exact) mass is 1100 g/mol. The maximum Gasteiger partial charge on any atom is 0.272 e. The maximum atomic E-state index is 13.9. The molecular formula is C57H66N8O11S2. The van der Waals surface area contributed by atoms with E-state index in [9.17, 15) is 43.2 Å². The first-order valence-electron chi connectivity index (χ1n) is 26.2. The van der Waals surface area contributed by atoms with E-state index in [4.69, 9.17) is 9.47 Å². The van der Waals surface area contributed by atoms with Gasteiger partial charge in [-0.2, -0.15) is 11.8 Å². The Morgan fingerprint density at radius 1 is 0.833 bits per heavy atom. The highest BCUT2D eigenvalue weighted by molar-refractivity contribution is 8.00. The van der Waals surface area contributed by atoms with Gasteiger partial charge in [0.25, 0.3) is 11.8 Å². The average Bonchev–Trinajstić information content (AvgIpc) is 4.19. The van der Waals surface area contributed by atoms with Crippen LogP contribution in [0.3, 0.4) is 0 Å². The molecule has 1 unspecified atom stereocenters. The summed E-state index contributed by atoms with van der Waals surface area (Å²) < 4.78 is 14.3. The van der Waals surface area contributed by atoms with Gasteiger partial charge in [-0.25, -0.2) is 0 Å². The van der Waals surface area contributed by atoms with Gasteiger partial charge in [0.2, 0.25) is 29.5 Å². The predicted molar refractivity (Wildman–Crippen MR) is 301 cm³/mol. The van der Waals surface area contributed by atoms with E-state index in [1.807, 2.05) is 54.4 Å². The number of aryl methyl sites for hydroxylation is 1. The molecule has 412 valence electrons. The molecule has 78 heavy (non-hydrogen) atoms. The lowest BCUT2D eigenvalue weighted by Gasteiger charge is -2.25. The smallest absolute Gasteiger partial charge is 0.272 e. The van der Waals surface area contributed by atoms with Crippen LogP contribution < -0.4 is 40.5 Å². The molecule has 2 aromatic heterocycles. The number of ketones is 2. The summed E-state index contributed by atoms with van der Waals surface area (Å²) in [6, 6.07) is 19.7. The Morgan fingerprint density at radius 2 is 1.60 bits per heavy atom. The van der Waals surface area contributed by atoms with Crippen molar-refractivity contribution in [3.63, 3.8) is 0 Å². The van der Waals surface area contributed by atoms with E-state index < -0.39 is 17.9 Å². The number of rotatable bonds is 25. The normalized spacial score (nSPS) is 16.5. The second-order valence-electron chi connectivity index (χ2n) is 20.1. The fourth-order valence-corrected chi connectivity index (χ4v) is 11.8. The fourth-order valence-electron chi connectivity index (χ4n) is 10.1. The molecule has 0 bridgehead atoms. The molecule has 0 radical (unpaired) electrons. The van der Waals surface area contributed by atoms with Crippen LogP contribution in [-0.2, 0) is 53.5 Å². The number of anilines is 4. The molecule has 19 nitrogen and oxygen atoms in total. The Bertz CT molecular complexity index is 3150. The number of ether oxygens (including phenoxy) is 2. The maximum absolute atomic E-state index is 13.9. The zero-order chi connectivity index (χ0) is 55.8. The molecule has 8 rings (SSSR count). The van der Waals surface area contributed by atoms with E-state index in [2.05, 4.69) is 32.2 Å². The van der Waals surface area contributed by atoms with E-state index >= 15 is 0 Å². The number of carbonyl (C=O) groups is 9. The quantitative estimate of drug-likeness (QED) is 0.0352. The molecule has 0 aliphatic carbocycles. The number of benzene rings is 3. The molecule has 4 atom stereocenters. The number of hydrogen-bond donors (Lipinski definition) is 4. The van der Waals surface area contributed by atoms with E-state index in [0.717, 1.165) is 38.3 Å². The summed E-state index contributed by atoms with van der Waals surface area (Å²) in [5.74, 6) is -1.93. The van der Waals surface area contributed by atoms with Crippen LogP contribution in [-0.4, -0.2) is 126 Å². The highest BCUT2D eigenvalue weighted by Crippen LogP contribution is 2.42. The third-order valence-corrected chi connectivity index (χ3v) is 16.3. The van der Waals surface area contributed by atoms with Crippen LogP contribution in [0, 0.1) is 5.92 Å². The van der Waals surface area contributed by atoms with Gasteiger partial charge in [-0.1, -0.05) is 25.1 Å². The van der Waals surface area contributed by atoms with Gasteiger partial charge in [-0.3, -0.25) is 48.1 Å². The molecule has 1 fully saturated rings. The summed E-state index contributed by atoms with van der Waals surface area (Å²) in [7, 11) is 5.20. The zero-order valence-electron chi connectivity index (χ0n) is 44.7. The Labute approximate surface area is 461 Å². The van der Waals surface area contributed by atoms with Gasteiger partial charge in [-0.15, -0.1) is 11.3 Å². The average molecular weight is 1100 g/mol. The second-order valence-corrected chi connectivity index (χ2v) is 22.3. The Hall–Kier alpha value is -7.52. The highest BCUT2D eigenvalue weighted by Gasteiger charge is 2.40. The molecule has 0 spiro atoms. The van der Waals surface area contributed by atoms with Crippen molar-refractivity contribution in [3.8, 4) is 11.5 Å². The molecule has 5 aromatic rings. The standard InChI is InChI=1S/C57H66N8O11S2/c1-33(22-40(66)13-8-10-15-51(68)58-19-20-64-53(70)30-50(77-6)57(64)74)54(71)59-34(2)46(67)27-41-25-36-23-37(17-18-49(36)78-41)61-55(72)45-26-38(31-62(45)3)60-52(69)16-11-21-76-48-29-44-42(28-47(48)75-5)56(73)65-39(32-63(44)4)24-35-12-7-9-14-43(35)65/h7,9,12,14,17-18,23,25-26,28-29,31,33-34,39,50H,8,10-11,13,15-16,19-22,24,27,30,32H2,1-6H3,(H,58,68)(H,59,71)(H,60,69)(H,61,72)/t33-,34+,39+,50?/m1/s1. The van der Waals surface area contributed by atoms with Gasteiger partial charge in [0, 0.05) is 111 Å². The van der Waals surface area contributed by atoms with Crippen LogP contribution in [0.25, 0.3) is 10.1 Å². The second kappa shape index (κ2) is 25.3. The van der Waals surface area contributed by atoms with Crippen molar-refractivity contribution in [2.75, 3.05) is 67.1 Å². The molecule has 4 N–H and O–H groups in total. The predicted octanol–water partition coefficient (Wildman–Crippen LogP) is 6.70. The third kappa shape index (κ3) is 13.4. The number of thiophene rings is 1. The first-order valence-corrected chi connectivity index (χ1v) is 28.3. The van der Waals surface area contributed by atoms with Crippen molar-refractivity contribution in [1.82, 2.24) is 20.1 Å². The number of aromatic nitrogens is 1. The van der Waals surface area contributed by atoms with Crippen molar-refractivity contribution < 1.29 is 52.6 Å². The van der Waals surface area contributed by atoms with Crippen molar-refractivity contribution in [1.29, 1.82) is 0 Å². The van der Waals surface area contributed by atoms with E-state index in [1.54, 1.807) is 56.1 Å². The summed E-state index contributed by atoms with van der Waals surface area (Å²) in [5, 5.41) is 11.7. The van der Waals surface area contributed by atoms with Crippen LogP contribution in [0.5, 0.6) is 11.5 Å². The number of carbonyl (C=O) groups excluding carboxylic acids is 9. The minimum absolute atomic E-state index is 0.00206. The highest BCUT2D eigenvalue weighted by atomic mass is 32.2. The number of unbranched alkanes of at least 4 members (excludes halogenated alkanes) is 1. The number of nitrogens with one attached hydrogen (secondary N) is 4. The number of nitrogens with zero attached hydrogens (tertiary/aromatic N) is 4. The fraction of sp³-hybridized carbons (Fsp3) is 0.421. The van der Waals surface area contributed by atoms with Crippen molar-refractivity contribution >= 4 is 109 Å². The van der Waals surface area contributed by atoms with Crippen LogP contribution >= 0.6 is 23.1 Å². The number of Topliss-reactive ketones (excluding diaryl/α,β-unsaturated/α-hetero) is 2. The molecular weight excluding hydrogens is 1040 g/mol. The number of thioether (sulfide) groups is 1. The van der Waals surface area contributed by atoms with Gasteiger partial charge >= 0.3 is 0 Å². The largest absolute Gasteiger partial charge is 0.493 e. The number of likely N-dealkylation sites (tertiary alicyclic amines) is 1. The van der Waals surface area contributed by atoms with Gasteiger partial charge in [0.05, 0.1) is 48.0 Å². The summed E-state index contributed by atoms with van der Waals surface area (Å²) in [5.41, 5.74) is 4.66. The molecule has 1 saturated heterocycles. The number of para-hydroxylation sites is 1. The minimum atomic E-state index is -0.799. The first-order chi connectivity index (χ1) is 37.4. The van der Waals surface area contributed by atoms with Gasteiger partial charge in [-0.05, 0) is 92.3 Å². The summed E-state index contributed by atoms with van der Waals surface area (Å²) in [4.78, 5) is 122. The number of imide groups is 1. The number of hydrogen-bond acceptors (Lipinski definition) is 14. The van der Waals surface area contributed by atoms with E-state index in [-0.39, 0.29) is 117 Å². The van der Waals surface area contributed by atoms with E-state index in [0.29, 0.717) is 59.9 Å². The van der Waals surface area contributed by atoms with Gasteiger partial charge < -0.3 is 45.1 Å². The number of fused-ring (bicyclic) bond motifs is 5. The lowest BCUT2D eigenvalue weighted by molar-refractivity contribution is -0.138. The van der Waals surface area contributed by atoms with Gasteiger partial charge in [0.15, 0.2) is 17.3 Å². The van der Waals surface area contributed by atoms with Crippen molar-refractivity contribution in [2.24, 2.45) is 13.0 Å². The Balaban J connectivity index is 0.735. The zero-order valence-corrected chi connectivity index (χ0v) is 46.4. The molecule has 21 heteroatoms. The van der Waals surface area contributed by atoms with Crippen LogP contribution in [0.15, 0.2) is 72.9 Å². The molecule has 0 saturated carbocycles. The van der Waals surface area contributed by atoms with Gasteiger partial charge in [0.1, 0.15) is 11.5 Å². The summed E-state index contributed by atoms with van der Waals surface area (Å²) in [6.07, 6.45) is 6.30. The van der Waals surface area contributed by atoms with Crippen LogP contribution in [0.2, 0.25) is 0 Å². The molecule has 3 aliphatic rings. The lowest BCUT2D eigenvalue weighted by atomic mass is 9.99. The summed E-state index contributed by atoms with van der Waals surface area (Å²) in [6.45, 7) is 4.40. The third-order valence-electron chi connectivity index (χ3n) is 14.3. The van der Waals surface area contributed by atoms with E-state index in [1.165, 1.54) is 35.1 Å². The number of methoxy groups -OCH3 is 1. The molecule has 5 heterocycles.